The molecule has 1 saturated carbocycles. The minimum atomic E-state index is -2.89. The molecular formula is C20H37NO6Si2. The Balaban J connectivity index is 2.20. The number of carbonyl (C=O) groups is 2. The van der Waals surface area contributed by atoms with Gasteiger partial charge in [0.2, 0.25) is 5.91 Å². The molecule has 29 heavy (non-hydrogen) atoms. The van der Waals surface area contributed by atoms with Crippen molar-refractivity contribution in [3.8, 4) is 0 Å². The number of aliphatic hydroxyl groups excluding tert-OH is 1. The van der Waals surface area contributed by atoms with Crippen LogP contribution < -0.4 is 5.32 Å². The van der Waals surface area contributed by atoms with E-state index in [1.807, 2.05) is 0 Å². The van der Waals surface area contributed by atoms with Crippen LogP contribution in [0.4, 0.5) is 0 Å². The van der Waals surface area contributed by atoms with Gasteiger partial charge < -0.3 is 23.4 Å². The van der Waals surface area contributed by atoms with Gasteiger partial charge in [0.15, 0.2) is 5.78 Å². The zero-order valence-electron chi connectivity index (χ0n) is 18.9. The lowest BCUT2D eigenvalue weighted by Crippen LogP contribution is -2.79. The molecule has 4 unspecified atom stereocenters. The fraction of sp³-hybridized carbons (Fsp3) is 0.900. The second-order valence-corrected chi connectivity index (χ2v) is 19.0. The molecule has 2 heterocycles. The maximum absolute atomic E-state index is 13.0. The zero-order chi connectivity index (χ0) is 21.9. The number of hydrogen-bond acceptors (Lipinski definition) is 6. The maximum Gasteiger partial charge on any atom is 0.335 e. The third-order valence-electron chi connectivity index (χ3n) is 7.03. The molecule has 0 aromatic carbocycles. The van der Waals surface area contributed by atoms with Crippen molar-refractivity contribution >= 4 is 28.8 Å². The van der Waals surface area contributed by atoms with E-state index >= 15 is 0 Å². The van der Waals surface area contributed by atoms with E-state index in [9.17, 15) is 14.7 Å². The molecule has 3 fully saturated rings. The van der Waals surface area contributed by atoms with E-state index in [4.69, 9.17) is 13.0 Å². The number of amides is 1. The summed E-state index contributed by atoms with van der Waals surface area (Å²) < 4.78 is 20.7. The smallest absolute Gasteiger partial charge is 0.335 e. The van der Waals surface area contributed by atoms with E-state index in [-0.39, 0.29) is 46.7 Å². The molecule has 3 aliphatic rings. The summed E-state index contributed by atoms with van der Waals surface area (Å²) in [6.07, 6.45) is -2.32. The fourth-order valence-electron chi connectivity index (χ4n) is 5.32. The van der Waals surface area contributed by atoms with E-state index in [1.165, 1.54) is 0 Å². The second kappa shape index (κ2) is 7.53. The Labute approximate surface area is 176 Å². The summed E-state index contributed by atoms with van der Waals surface area (Å²) >= 11 is 0. The van der Waals surface area contributed by atoms with E-state index in [0.717, 1.165) is 0 Å². The monoisotopic (exact) mass is 443 g/mol. The van der Waals surface area contributed by atoms with Crippen LogP contribution in [0.3, 0.4) is 0 Å². The first-order valence-corrected chi connectivity index (χ1v) is 14.8. The van der Waals surface area contributed by atoms with Gasteiger partial charge in [0.05, 0.1) is 12.5 Å². The molecule has 1 spiro atoms. The molecule has 0 aromatic rings. The Morgan fingerprint density at radius 2 is 1.38 bits per heavy atom. The molecule has 7 nitrogen and oxygen atoms in total. The Hall–Kier alpha value is -0.586. The SMILES string of the molecule is CC(C)[Si]1(C(C)C)OC2C(O)CC(=O)C3(CC(=O)N3)C2O[Si](C(C)C)(C(C)C)O1. The van der Waals surface area contributed by atoms with E-state index in [0.29, 0.717) is 0 Å². The average Bonchev–Trinajstić information content (AvgIpc) is 2.75. The van der Waals surface area contributed by atoms with Crippen molar-refractivity contribution in [3.63, 3.8) is 0 Å². The number of aliphatic hydroxyl groups is 1. The zero-order valence-corrected chi connectivity index (χ0v) is 20.9. The van der Waals surface area contributed by atoms with Crippen molar-refractivity contribution in [2.45, 2.75) is 114 Å². The van der Waals surface area contributed by atoms with Gasteiger partial charge in [0.25, 0.3) is 0 Å². The molecule has 2 N–H and O–H groups in total. The molecule has 166 valence electrons. The standard InChI is InChI=1S/C20H37NO6Si2/c1-11(2)28(12(3)4)25-18-15(22)9-16(23)20(10-17(24)21-20)19(18)26-29(27-28,13(5)6)14(7)8/h11-15,18-19,22H,9-10H2,1-8H3,(H,21,24). The van der Waals surface area contributed by atoms with Crippen LogP contribution in [0.25, 0.3) is 0 Å². The van der Waals surface area contributed by atoms with Crippen molar-refractivity contribution < 1.29 is 27.7 Å². The Morgan fingerprint density at radius 1 is 0.931 bits per heavy atom. The number of rotatable bonds is 4. The number of Topliss-reactive ketones (excluding diaryl/α,β-unsaturated/α-hetero) is 1. The van der Waals surface area contributed by atoms with Crippen molar-refractivity contribution in [2.24, 2.45) is 0 Å². The van der Waals surface area contributed by atoms with Gasteiger partial charge in [-0.1, -0.05) is 55.4 Å². The van der Waals surface area contributed by atoms with Crippen LogP contribution in [0.5, 0.6) is 0 Å². The molecule has 0 aromatic heterocycles. The van der Waals surface area contributed by atoms with Crippen LogP contribution in [0.15, 0.2) is 0 Å². The van der Waals surface area contributed by atoms with Crippen LogP contribution in [0.2, 0.25) is 22.2 Å². The average molecular weight is 444 g/mol. The van der Waals surface area contributed by atoms with Crippen LogP contribution in [-0.2, 0) is 22.6 Å². The molecule has 2 saturated heterocycles. The highest BCUT2D eigenvalue weighted by Gasteiger charge is 2.69. The molecule has 9 heteroatoms. The first kappa shape index (κ1) is 23.1. The summed E-state index contributed by atoms with van der Waals surface area (Å²) in [5.41, 5.74) is -0.574. The number of β-lactam (4-membered cyclic amide) rings is 1. The summed E-state index contributed by atoms with van der Waals surface area (Å²) in [6.45, 7) is 16.9. The molecule has 1 amide bonds. The first-order valence-electron chi connectivity index (χ1n) is 10.9. The number of ketones is 1. The van der Waals surface area contributed by atoms with Gasteiger partial charge in [-0.25, -0.2) is 0 Å². The number of hydrogen-bond donors (Lipinski definition) is 2. The number of nitrogens with one attached hydrogen (secondary N) is 1. The summed E-state index contributed by atoms with van der Waals surface area (Å²) in [5, 5.41) is 13.7. The topological polar surface area (TPSA) is 94.1 Å². The van der Waals surface area contributed by atoms with Crippen LogP contribution in [0.1, 0.15) is 68.2 Å². The normalized spacial score (nSPS) is 36.4. The molecule has 0 radical (unpaired) electrons. The van der Waals surface area contributed by atoms with Gasteiger partial charge in [-0.2, -0.15) is 0 Å². The van der Waals surface area contributed by atoms with Gasteiger partial charge in [-0.15, -0.1) is 0 Å². The van der Waals surface area contributed by atoms with Crippen molar-refractivity contribution in [3.05, 3.63) is 0 Å². The first-order chi connectivity index (χ1) is 13.3. The minimum Gasteiger partial charge on any atom is -0.414 e. The lowest BCUT2D eigenvalue weighted by Gasteiger charge is -2.53. The number of carbonyl (C=O) groups excluding carboxylic acids is 2. The summed E-state index contributed by atoms with van der Waals surface area (Å²) in [5.74, 6) is -0.340. The van der Waals surface area contributed by atoms with E-state index < -0.39 is 41.0 Å². The largest absolute Gasteiger partial charge is 0.414 e. The van der Waals surface area contributed by atoms with Crippen molar-refractivity contribution in [1.29, 1.82) is 0 Å². The van der Waals surface area contributed by atoms with Gasteiger partial charge in [0, 0.05) is 6.42 Å². The number of fused-ring (bicyclic) bond motifs is 2. The molecule has 0 bridgehead atoms. The van der Waals surface area contributed by atoms with Gasteiger partial charge in [-0.05, 0) is 22.2 Å². The highest BCUT2D eigenvalue weighted by atomic mass is 28.5. The molecule has 1 aliphatic carbocycles. The lowest BCUT2D eigenvalue weighted by molar-refractivity contribution is -0.169. The fourth-order valence-corrected chi connectivity index (χ4v) is 16.7. The molecular weight excluding hydrogens is 406 g/mol. The van der Waals surface area contributed by atoms with E-state index in [1.54, 1.807) is 0 Å². The van der Waals surface area contributed by atoms with Gasteiger partial charge in [0.1, 0.15) is 17.7 Å². The molecule has 3 rings (SSSR count). The Morgan fingerprint density at radius 3 is 1.79 bits per heavy atom. The van der Waals surface area contributed by atoms with Crippen LogP contribution in [0, 0.1) is 0 Å². The van der Waals surface area contributed by atoms with Crippen molar-refractivity contribution in [2.75, 3.05) is 0 Å². The van der Waals surface area contributed by atoms with Crippen LogP contribution >= 0.6 is 0 Å². The lowest BCUT2D eigenvalue weighted by atomic mass is 9.69. The van der Waals surface area contributed by atoms with Crippen molar-refractivity contribution in [1.82, 2.24) is 5.32 Å². The quantitative estimate of drug-likeness (QED) is 0.512. The predicted octanol–water partition coefficient (Wildman–Crippen LogP) is 2.90. The van der Waals surface area contributed by atoms with Gasteiger partial charge in [-0.3, -0.25) is 9.59 Å². The minimum absolute atomic E-state index is 0.0383. The maximum atomic E-state index is 13.0. The molecule has 4 atom stereocenters. The van der Waals surface area contributed by atoms with Crippen LogP contribution in [-0.4, -0.2) is 57.8 Å². The third-order valence-corrected chi connectivity index (χ3v) is 17.3. The summed E-state index contributed by atoms with van der Waals surface area (Å²) in [7, 11) is -5.72. The van der Waals surface area contributed by atoms with E-state index in [2.05, 4.69) is 60.7 Å². The predicted molar refractivity (Wildman–Crippen MR) is 114 cm³/mol. The summed E-state index contributed by atoms with van der Waals surface area (Å²) in [6, 6.07) is 0. The second-order valence-electron chi connectivity index (χ2n) is 10.2. The Bertz CT molecular complexity index is 656. The third kappa shape index (κ3) is 3.29. The highest BCUT2D eigenvalue weighted by molar-refractivity contribution is 6.84. The van der Waals surface area contributed by atoms with Gasteiger partial charge >= 0.3 is 17.1 Å². The Kier molecular flexibility index (Phi) is 5.99. The highest BCUT2D eigenvalue weighted by Crippen LogP contribution is 2.51. The molecule has 2 aliphatic heterocycles. The summed E-state index contributed by atoms with van der Waals surface area (Å²) in [4.78, 5) is 24.9.